The lowest BCUT2D eigenvalue weighted by atomic mass is 10.1. The molecule has 0 radical (unpaired) electrons. The summed E-state index contributed by atoms with van der Waals surface area (Å²) in [7, 11) is 2.21. The molecule has 1 atom stereocenters. The maximum absolute atomic E-state index is 3.73. The number of nitrogens with one attached hydrogen (secondary N) is 1. The third kappa shape index (κ3) is 4.70. The van der Waals surface area contributed by atoms with E-state index in [1.165, 1.54) is 15.7 Å². The van der Waals surface area contributed by atoms with E-state index in [1.807, 2.05) is 0 Å². The molecule has 0 spiro atoms. The van der Waals surface area contributed by atoms with Crippen LogP contribution in [0.4, 0.5) is 5.69 Å². The SMILES string of the molecule is CC1CN(c2ccc(CNC(C)(C)C)c(Br)c2)CCN1C. The Labute approximate surface area is 137 Å². The van der Waals surface area contributed by atoms with Crippen molar-refractivity contribution in [3.63, 3.8) is 0 Å². The molecule has 1 unspecified atom stereocenters. The summed E-state index contributed by atoms with van der Waals surface area (Å²) in [5.41, 5.74) is 2.78. The predicted molar refractivity (Wildman–Crippen MR) is 95.0 cm³/mol. The molecule has 118 valence electrons. The summed E-state index contributed by atoms with van der Waals surface area (Å²) >= 11 is 3.73. The van der Waals surface area contributed by atoms with Gasteiger partial charge in [0.15, 0.2) is 0 Å². The van der Waals surface area contributed by atoms with Gasteiger partial charge in [-0.05, 0) is 52.4 Å². The predicted octanol–water partition coefficient (Wildman–Crippen LogP) is 3.48. The molecule has 1 aliphatic heterocycles. The highest BCUT2D eigenvalue weighted by Gasteiger charge is 2.21. The molecule has 1 aliphatic rings. The van der Waals surface area contributed by atoms with E-state index in [-0.39, 0.29) is 5.54 Å². The van der Waals surface area contributed by atoms with Gasteiger partial charge in [0.25, 0.3) is 0 Å². The molecule has 0 aromatic heterocycles. The van der Waals surface area contributed by atoms with Gasteiger partial charge in [-0.1, -0.05) is 22.0 Å². The van der Waals surface area contributed by atoms with E-state index in [9.17, 15) is 0 Å². The lowest BCUT2D eigenvalue weighted by Gasteiger charge is -2.39. The summed E-state index contributed by atoms with van der Waals surface area (Å²) < 4.78 is 1.20. The first-order chi connectivity index (χ1) is 9.76. The van der Waals surface area contributed by atoms with Crippen LogP contribution >= 0.6 is 15.9 Å². The summed E-state index contributed by atoms with van der Waals surface area (Å²) in [6.07, 6.45) is 0. The quantitative estimate of drug-likeness (QED) is 0.897. The zero-order valence-corrected chi connectivity index (χ0v) is 15.5. The highest BCUT2D eigenvalue weighted by molar-refractivity contribution is 9.10. The largest absolute Gasteiger partial charge is 0.369 e. The summed E-state index contributed by atoms with van der Waals surface area (Å²) in [6.45, 7) is 13.1. The van der Waals surface area contributed by atoms with Crippen molar-refractivity contribution in [3.8, 4) is 0 Å². The lowest BCUT2D eigenvalue weighted by molar-refractivity contribution is 0.234. The second-order valence-electron chi connectivity index (χ2n) is 7.15. The van der Waals surface area contributed by atoms with Crippen molar-refractivity contribution in [2.75, 3.05) is 31.6 Å². The van der Waals surface area contributed by atoms with Gasteiger partial charge in [-0.3, -0.25) is 0 Å². The van der Waals surface area contributed by atoms with E-state index in [4.69, 9.17) is 0 Å². The van der Waals surface area contributed by atoms with Gasteiger partial charge in [0.2, 0.25) is 0 Å². The number of nitrogens with zero attached hydrogens (tertiary/aromatic N) is 2. The number of piperazine rings is 1. The van der Waals surface area contributed by atoms with Crippen LogP contribution in [0.15, 0.2) is 22.7 Å². The normalized spacial score (nSPS) is 20.9. The average molecular weight is 354 g/mol. The van der Waals surface area contributed by atoms with Gasteiger partial charge < -0.3 is 15.1 Å². The van der Waals surface area contributed by atoms with Crippen molar-refractivity contribution in [1.82, 2.24) is 10.2 Å². The fraction of sp³-hybridized carbons (Fsp3) is 0.647. The van der Waals surface area contributed by atoms with E-state index >= 15 is 0 Å². The number of rotatable bonds is 3. The van der Waals surface area contributed by atoms with Gasteiger partial charge in [0, 0.05) is 47.9 Å². The van der Waals surface area contributed by atoms with E-state index in [2.05, 4.69) is 84.0 Å². The van der Waals surface area contributed by atoms with Crippen molar-refractivity contribution in [2.45, 2.75) is 45.8 Å². The molecule has 4 heteroatoms. The second kappa shape index (κ2) is 6.67. The van der Waals surface area contributed by atoms with Crippen LogP contribution in [0, 0.1) is 0 Å². The van der Waals surface area contributed by atoms with E-state index < -0.39 is 0 Å². The Morgan fingerprint density at radius 3 is 2.57 bits per heavy atom. The van der Waals surface area contributed by atoms with Gasteiger partial charge in [-0.15, -0.1) is 0 Å². The first kappa shape index (κ1) is 16.8. The van der Waals surface area contributed by atoms with Crippen molar-refractivity contribution in [3.05, 3.63) is 28.2 Å². The number of anilines is 1. The fourth-order valence-corrected chi connectivity index (χ4v) is 3.03. The van der Waals surface area contributed by atoms with Gasteiger partial charge >= 0.3 is 0 Å². The van der Waals surface area contributed by atoms with Crippen molar-refractivity contribution in [1.29, 1.82) is 0 Å². The third-order valence-corrected chi connectivity index (χ3v) is 4.91. The average Bonchev–Trinajstić information content (AvgIpc) is 2.39. The van der Waals surface area contributed by atoms with Crippen LogP contribution in [-0.2, 0) is 6.54 Å². The molecule has 21 heavy (non-hydrogen) atoms. The Kier molecular flexibility index (Phi) is 5.33. The highest BCUT2D eigenvalue weighted by atomic mass is 79.9. The van der Waals surface area contributed by atoms with Gasteiger partial charge in [-0.2, -0.15) is 0 Å². The minimum atomic E-state index is 0.144. The number of likely N-dealkylation sites (N-methyl/N-ethyl adjacent to an activating group) is 1. The molecule has 0 amide bonds. The Bertz CT molecular complexity index is 481. The Hall–Kier alpha value is -0.580. The fourth-order valence-electron chi connectivity index (χ4n) is 2.52. The molecular formula is C17H28BrN3. The molecule has 1 N–H and O–H groups in total. The van der Waals surface area contributed by atoms with E-state index in [1.54, 1.807) is 0 Å². The van der Waals surface area contributed by atoms with Crippen LogP contribution in [0.3, 0.4) is 0 Å². The summed E-state index contributed by atoms with van der Waals surface area (Å²) in [5, 5.41) is 3.54. The molecule has 0 aliphatic carbocycles. The standard InChI is InChI=1S/C17H28BrN3/c1-13-12-21(9-8-20(13)5)15-7-6-14(16(18)10-15)11-19-17(2,3)4/h6-7,10,13,19H,8-9,11-12H2,1-5H3. The van der Waals surface area contributed by atoms with Crippen LogP contribution in [0.1, 0.15) is 33.3 Å². The summed E-state index contributed by atoms with van der Waals surface area (Å²) in [6, 6.07) is 7.36. The van der Waals surface area contributed by atoms with Crippen molar-refractivity contribution in [2.24, 2.45) is 0 Å². The van der Waals surface area contributed by atoms with Crippen LogP contribution in [0.5, 0.6) is 0 Å². The minimum Gasteiger partial charge on any atom is -0.369 e. The monoisotopic (exact) mass is 353 g/mol. The first-order valence-electron chi connectivity index (χ1n) is 7.75. The smallest absolute Gasteiger partial charge is 0.0378 e. The molecule has 1 aromatic carbocycles. The first-order valence-corrected chi connectivity index (χ1v) is 8.54. The summed E-state index contributed by atoms with van der Waals surface area (Å²) in [5.74, 6) is 0. The lowest BCUT2D eigenvalue weighted by Crippen LogP contribution is -2.50. The van der Waals surface area contributed by atoms with E-state index in [0.29, 0.717) is 6.04 Å². The molecule has 1 heterocycles. The van der Waals surface area contributed by atoms with Crippen molar-refractivity contribution < 1.29 is 0 Å². The maximum atomic E-state index is 3.73. The van der Waals surface area contributed by atoms with Crippen LogP contribution in [-0.4, -0.2) is 43.2 Å². The number of hydrogen-bond acceptors (Lipinski definition) is 3. The number of hydrogen-bond donors (Lipinski definition) is 1. The van der Waals surface area contributed by atoms with E-state index in [0.717, 1.165) is 26.2 Å². The molecule has 1 fully saturated rings. The molecule has 0 bridgehead atoms. The Morgan fingerprint density at radius 2 is 2.00 bits per heavy atom. The molecule has 1 aromatic rings. The molecule has 0 saturated carbocycles. The van der Waals surface area contributed by atoms with Crippen LogP contribution in [0.2, 0.25) is 0 Å². The second-order valence-corrected chi connectivity index (χ2v) is 8.01. The molecule has 2 rings (SSSR count). The minimum absolute atomic E-state index is 0.144. The highest BCUT2D eigenvalue weighted by Crippen LogP contribution is 2.26. The molecule has 3 nitrogen and oxygen atoms in total. The van der Waals surface area contributed by atoms with Gasteiger partial charge in [0.05, 0.1) is 0 Å². The van der Waals surface area contributed by atoms with Gasteiger partial charge in [0.1, 0.15) is 0 Å². The molecule has 1 saturated heterocycles. The molecular weight excluding hydrogens is 326 g/mol. The number of benzene rings is 1. The summed E-state index contributed by atoms with van der Waals surface area (Å²) in [4.78, 5) is 4.91. The topological polar surface area (TPSA) is 18.5 Å². The van der Waals surface area contributed by atoms with Gasteiger partial charge in [-0.25, -0.2) is 0 Å². The zero-order chi connectivity index (χ0) is 15.6. The van der Waals surface area contributed by atoms with Crippen LogP contribution < -0.4 is 10.2 Å². The van der Waals surface area contributed by atoms with Crippen LogP contribution in [0.25, 0.3) is 0 Å². The Balaban J connectivity index is 2.05. The van der Waals surface area contributed by atoms with Crippen molar-refractivity contribution >= 4 is 21.6 Å². The zero-order valence-electron chi connectivity index (χ0n) is 13.9. The third-order valence-electron chi connectivity index (χ3n) is 4.17. The maximum Gasteiger partial charge on any atom is 0.0378 e. The Morgan fingerprint density at radius 1 is 1.29 bits per heavy atom. The number of halogens is 1.